The van der Waals surface area contributed by atoms with Crippen LogP contribution in [0, 0.1) is 0 Å². The quantitative estimate of drug-likeness (QED) is 0.177. The maximum absolute atomic E-state index is 6.31. The second-order valence-corrected chi connectivity index (χ2v) is 15.4. The molecule has 0 unspecified atom stereocenters. The molecule has 0 radical (unpaired) electrons. The summed E-state index contributed by atoms with van der Waals surface area (Å²) in [7, 11) is 0. The highest BCUT2D eigenvalue weighted by molar-refractivity contribution is 8.05. The van der Waals surface area contributed by atoms with Gasteiger partial charge < -0.3 is 18.6 Å². The Morgan fingerprint density at radius 1 is 0.333 bits per heavy atom. The summed E-state index contributed by atoms with van der Waals surface area (Å²) >= 11 is 3.78. The normalized spacial score (nSPS) is 12.6. The van der Waals surface area contributed by atoms with E-state index in [1.165, 1.54) is 47.1 Å². The molecule has 0 bridgehead atoms. The van der Waals surface area contributed by atoms with Crippen molar-refractivity contribution < 1.29 is 9.47 Å². The molecule has 0 spiro atoms. The van der Waals surface area contributed by atoms with Crippen molar-refractivity contribution >= 4 is 67.1 Å². The summed E-state index contributed by atoms with van der Waals surface area (Å²) in [5, 5.41) is 4.90. The maximum atomic E-state index is 6.31. The number of para-hydroxylation sites is 6. The van der Waals surface area contributed by atoms with Crippen molar-refractivity contribution in [1.82, 2.24) is 9.13 Å². The predicted octanol–water partition coefficient (Wildman–Crippen LogP) is 14.1. The van der Waals surface area contributed by atoms with E-state index >= 15 is 0 Å². The molecule has 0 saturated carbocycles. The van der Waals surface area contributed by atoms with Crippen molar-refractivity contribution in [2.45, 2.75) is 19.6 Å². The van der Waals surface area contributed by atoms with Crippen LogP contribution in [-0.2, 0) is 0 Å². The Kier molecular flexibility index (Phi) is 7.32. The van der Waals surface area contributed by atoms with Crippen LogP contribution >= 0.6 is 23.5 Å². The molecule has 256 valence electrons. The SMILES string of the molecule is c1ccc(-n2c3ccccc3c3c4c(ccc32)Oc2ccccc2O4)cc1.c1ccc(-n2c3ccccc3c3c4c(ccc32)Sc2ccccc2S4)cc1. The second kappa shape index (κ2) is 12.7. The Labute approximate surface area is 320 Å². The Morgan fingerprint density at radius 2 is 0.833 bits per heavy atom. The Bertz CT molecular complexity index is 2850. The van der Waals surface area contributed by atoms with Gasteiger partial charge in [0.2, 0.25) is 0 Å². The van der Waals surface area contributed by atoms with E-state index in [0.717, 1.165) is 50.5 Å². The zero-order valence-electron chi connectivity index (χ0n) is 28.8. The molecule has 0 atom stereocenters. The predicted molar refractivity (Wildman–Crippen MR) is 223 cm³/mol. The van der Waals surface area contributed by atoms with Crippen LogP contribution in [0.3, 0.4) is 0 Å². The molecule has 0 fully saturated rings. The zero-order valence-corrected chi connectivity index (χ0v) is 30.5. The van der Waals surface area contributed by atoms with Gasteiger partial charge in [0, 0.05) is 47.1 Å². The summed E-state index contributed by atoms with van der Waals surface area (Å²) in [5.41, 5.74) is 7.11. The van der Waals surface area contributed by atoms with E-state index in [-0.39, 0.29) is 0 Å². The Morgan fingerprint density at radius 3 is 1.50 bits per heavy atom. The molecule has 12 rings (SSSR count). The van der Waals surface area contributed by atoms with E-state index < -0.39 is 0 Å². The highest BCUT2D eigenvalue weighted by atomic mass is 32.2. The number of ether oxygens (including phenoxy) is 2. The molecular weight excluding hydrogens is 701 g/mol. The summed E-state index contributed by atoms with van der Waals surface area (Å²) in [6.45, 7) is 0. The highest BCUT2D eigenvalue weighted by Gasteiger charge is 2.26. The number of hydrogen-bond acceptors (Lipinski definition) is 4. The van der Waals surface area contributed by atoms with Gasteiger partial charge >= 0.3 is 0 Å². The molecule has 2 aliphatic rings. The van der Waals surface area contributed by atoms with Gasteiger partial charge in [-0.05, 0) is 84.9 Å². The molecule has 6 heteroatoms. The van der Waals surface area contributed by atoms with E-state index in [1.807, 2.05) is 59.9 Å². The molecule has 0 saturated heterocycles. The smallest absolute Gasteiger partial charge is 0.180 e. The molecule has 0 aliphatic carbocycles. The van der Waals surface area contributed by atoms with E-state index in [0.29, 0.717) is 0 Å². The fraction of sp³-hybridized carbons (Fsp3) is 0. The molecule has 4 nitrogen and oxygen atoms in total. The number of hydrogen-bond donors (Lipinski definition) is 0. The number of rotatable bonds is 2. The zero-order chi connectivity index (χ0) is 35.6. The summed E-state index contributed by atoms with van der Waals surface area (Å²) < 4.78 is 17.1. The molecule has 0 amide bonds. The van der Waals surface area contributed by atoms with Gasteiger partial charge in [-0.25, -0.2) is 0 Å². The summed E-state index contributed by atoms with van der Waals surface area (Å²) in [4.78, 5) is 5.42. The first-order valence-electron chi connectivity index (χ1n) is 17.9. The van der Waals surface area contributed by atoms with Crippen molar-refractivity contribution in [2.24, 2.45) is 0 Å². The lowest BCUT2D eigenvalue weighted by Gasteiger charge is -2.21. The first kappa shape index (κ1) is 31.2. The van der Waals surface area contributed by atoms with Crippen LogP contribution in [0.5, 0.6) is 23.0 Å². The monoisotopic (exact) mass is 730 g/mol. The van der Waals surface area contributed by atoms with Gasteiger partial charge in [0.05, 0.1) is 27.5 Å². The molecule has 10 aromatic rings. The Balaban J connectivity index is 0.000000126. The van der Waals surface area contributed by atoms with Crippen LogP contribution < -0.4 is 9.47 Å². The minimum Gasteiger partial charge on any atom is -0.449 e. The van der Waals surface area contributed by atoms with Crippen LogP contribution in [0.25, 0.3) is 55.0 Å². The van der Waals surface area contributed by atoms with Gasteiger partial charge in [-0.2, -0.15) is 0 Å². The van der Waals surface area contributed by atoms with E-state index in [1.54, 1.807) is 0 Å². The first-order valence-corrected chi connectivity index (χ1v) is 19.6. The minimum absolute atomic E-state index is 0.744. The van der Waals surface area contributed by atoms with Crippen LogP contribution in [0.4, 0.5) is 0 Å². The molecule has 8 aromatic carbocycles. The van der Waals surface area contributed by atoms with Crippen LogP contribution in [-0.4, -0.2) is 9.13 Å². The third-order valence-corrected chi connectivity index (χ3v) is 12.7. The average Bonchev–Trinajstić information content (AvgIpc) is 3.77. The summed E-state index contributed by atoms with van der Waals surface area (Å²) in [5.74, 6) is 3.01. The number of nitrogens with zero attached hydrogens (tertiary/aromatic N) is 2. The number of aromatic nitrogens is 2. The van der Waals surface area contributed by atoms with Crippen molar-refractivity contribution in [2.75, 3.05) is 0 Å². The first-order chi connectivity index (χ1) is 26.8. The van der Waals surface area contributed by atoms with Crippen molar-refractivity contribution in [3.8, 4) is 34.4 Å². The molecule has 2 aromatic heterocycles. The lowest BCUT2D eigenvalue weighted by atomic mass is 10.1. The molecule has 2 aliphatic heterocycles. The van der Waals surface area contributed by atoms with Gasteiger partial charge in [-0.3, -0.25) is 0 Å². The summed E-state index contributed by atoms with van der Waals surface area (Å²) in [6.07, 6.45) is 0. The second-order valence-electron chi connectivity index (χ2n) is 13.3. The minimum atomic E-state index is 0.744. The maximum Gasteiger partial charge on any atom is 0.180 e. The van der Waals surface area contributed by atoms with E-state index in [4.69, 9.17) is 9.47 Å². The van der Waals surface area contributed by atoms with Crippen LogP contribution in [0.1, 0.15) is 0 Å². The largest absolute Gasteiger partial charge is 0.449 e. The lowest BCUT2D eigenvalue weighted by molar-refractivity contribution is 0.363. The number of fused-ring (bicyclic) bond motifs is 12. The van der Waals surface area contributed by atoms with Gasteiger partial charge in [0.15, 0.2) is 23.0 Å². The van der Waals surface area contributed by atoms with Gasteiger partial charge in [-0.15, -0.1) is 0 Å². The molecule has 4 heterocycles. The van der Waals surface area contributed by atoms with Gasteiger partial charge in [0.1, 0.15) is 0 Å². The third-order valence-electron chi connectivity index (χ3n) is 10.1. The van der Waals surface area contributed by atoms with Gasteiger partial charge in [0.25, 0.3) is 0 Å². The molecule has 54 heavy (non-hydrogen) atoms. The van der Waals surface area contributed by atoms with Gasteiger partial charge in [-0.1, -0.05) is 121 Å². The third kappa shape index (κ3) is 4.95. The van der Waals surface area contributed by atoms with E-state index in [2.05, 4.69) is 155 Å². The fourth-order valence-corrected chi connectivity index (χ4v) is 10.2. The molecular formula is C48H30N2O2S2. The fourth-order valence-electron chi connectivity index (χ4n) is 7.79. The van der Waals surface area contributed by atoms with Crippen LogP contribution in [0.15, 0.2) is 202 Å². The van der Waals surface area contributed by atoms with Crippen molar-refractivity contribution in [3.05, 3.63) is 182 Å². The lowest BCUT2D eigenvalue weighted by Crippen LogP contribution is -1.99. The number of benzene rings is 8. The van der Waals surface area contributed by atoms with Crippen LogP contribution in [0.2, 0.25) is 0 Å². The van der Waals surface area contributed by atoms with Crippen molar-refractivity contribution in [1.29, 1.82) is 0 Å². The van der Waals surface area contributed by atoms with Crippen molar-refractivity contribution in [3.63, 3.8) is 0 Å². The molecule has 0 N–H and O–H groups in total. The Hall–Kier alpha value is -6.34. The summed E-state index contributed by atoms with van der Waals surface area (Å²) in [6, 6.07) is 63.4. The topological polar surface area (TPSA) is 28.3 Å². The van der Waals surface area contributed by atoms with E-state index in [9.17, 15) is 0 Å². The average molecular weight is 731 g/mol. The highest BCUT2D eigenvalue weighted by Crippen LogP contribution is 2.53. The standard InChI is InChI=1S/C24H15NO2.C24H15NS2/c2*1-2-8-16(9-3-1)25-18-11-5-4-10-17(18)23-19(25)14-15-22-24(23)27-21-13-7-6-12-20(21)26-22/h2*1-15H.